The highest BCUT2D eigenvalue weighted by Gasteiger charge is 2.30. The second-order valence-electron chi connectivity index (χ2n) is 3.95. The van der Waals surface area contributed by atoms with Crippen molar-refractivity contribution in [3.63, 3.8) is 0 Å². The second kappa shape index (κ2) is 5.09. The van der Waals surface area contributed by atoms with Gasteiger partial charge in [-0.25, -0.2) is 0 Å². The molecule has 0 fully saturated rings. The number of alkyl halides is 3. The summed E-state index contributed by atoms with van der Waals surface area (Å²) in [6, 6.07) is 10.6. The van der Waals surface area contributed by atoms with Crippen LogP contribution in [0.4, 0.5) is 13.2 Å². The molecular weight excluding hydrogens is 273 g/mol. The van der Waals surface area contributed by atoms with Gasteiger partial charge in [-0.2, -0.15) is 13.2 Å². The molecule has 0 aromatic heterocycles. The Labute approximate surface area is 113 Å². The van der Waals surface area contributed by atoms with Crippen LogP contribution in [0, 0.1) is 0 Å². The molecule has 0 radical (unpaired) electrons. The number of carbonyl (C=O) groups is 1. The predicted molar refractivity (Wildman–Crippen MR) is 68.6 cm³/mol. The minimum absolute atomic E-state index is 0.222. The third kappa shape index (κ3) is 3.17. The Morgan fingerprint density at radius 3 is 1.68 bits per heavy atom. The number of hydrogen-bond donors (Lipinski definition) is 1. The number of rotatable bonds is 2. The minimum Gasteiger partial charge on any atom is -0.289 e. The van der Waals surface area contributed by atoms with Gasteiger partial charge in [-0.15, -0.1) is 12.6 Å². The molecular formula is C14H9F3OS. The lowest BCUT2D eigenvalue weighted by molar-refractivity contribution is -0.137. The normalized spacial score (nSPS) is 11.4. The van der Waals surface area contributed by atoms with Crippen LogP contribution in [0.1, 0.15) is 21.5 Å². The van der Waals surface area contributed by atoms with Gasteiger partial charge in [0, 0.05) is 16.0 Å². The molecule has 0 aliphatic heterocycles. The highest BCUT2D eigenvalue weighted by atomic mass is 32.1. The number of carbonyl (C=O) groups excluding carboxylic acids is 1. The molecule has 0 spiro atoms. The van der Waals surface area contributed by atoms with Crippen LogP contribution < -0.4 is 0 Å². The summed E-state index contributed by atoms with van der Waals surface area (Å²) in [5.74, 6) is -0.318. The molecule has 98 valence electrons. The first-order chi connectivity index (χ1) is 8.88. The van der Waals surface area contributed by atoms with E-state index in [4.69, 9.17) is 0 Å². The van der Waals surface area contributed by atoms with Gasteiger partial charge in [-0.1, -0.05) is 12.1 Å². The van der Waals surface area contributed by atoms with E-state index in [0.717, 1.165) is 12.1 Å². The fourth-order valence-electron chi connectivity index (χ4n) is 1.59. The van der Waals surface area contributed by atoms with Crippen molar-refractivity contribution in [2.24, 2.45) is 0 Å². The van der Waals surface area contributed by atoms with E-state index in [0.29, 0.717) is 10.5 Å². The first kappa shape index (κ1) is 13.7. The summed E-state index contributed by atoms with van der Waals surface area (Å²) in [5, 5.41) is 0. The van der Waals surface area contributed by atoms with E-state index in [-0.39, 0.29) is 11.3 Å². The number of thiol groups is 1. The molecule has 0 aliphatic rings. The molecule has 5 heteroatoms. The van der Waals surface area contributed by atoms with Crippen molar-refractivity contribution in [1.82, 2.24) is 0 Å². The molecule has 0 saturated carbocycles. The molecule has 2 aromatic carbocycles. The number of ketones is 1. The van der Waals surface area contributed by atoms with E-state index in [2.05, 4.69) is 12.6 Å². The summed E-state index contributed by atoms with van der Waals surface area (Å²) in [7, 11) is 0. The number of hydrogen-bond acceptors (Lipinski definition) is 2. The van der Waals surface area contributed by atoms with Gasteiger partial charge in [-0.05, 0) is 36.4 Å². The summed E-state index contributed by atoms with van der Waals surface area (Å²) in [4.78, 5) is 12.7. The minimum atomic E-state index is -4.39. The van der Waals surface area contributed by atoms with Crippen LogP contribution in [0.15, 0.2) is 53.4 Å². The van der Waals surface area contributed by atoms with Crippen molar-refractivity contribution < 1.29 is 18.0 Å². The lowest BCUT2D eigenvalue weighted by atomic mass is 10.0. The maximum absolute atomic E-state index is 12.4. The monoisotopic (exact) mass is 282 g/mol. The van der Waals surface area contributed by atoms with Crippen LogP contribution in [0.3, 0.4) is 0 Å². The van der Waals surface area contributed by atoms with Gasteiger partial charge in [0.15, 0.2) is 5.78 Å². The zero-order valence-electron chi connectivity index (χ0n) is 9.61. The van der Waals surface area contributed by atoms with Crippen molar-refractivity contribution in [3.8, 4) is 0 Å². The zero-order chi connectivity index (χ0) is 14.0. The first-order valence-corrected chi connectivity index (χ1v) is 5.83. The molecule has 0 atom stereocenters. The summed E-state index contributed by atoms with van der Waals surface area (Å²) in [6.45, 7) is 0. The molecule has 0 saturated heterocycles. The number of halogens is 3. The van der Waals surface area contributed by atoms with Crippen molar-refractivity contribution in [3.05, 3.63) is 65.2 Å². The van der Waals surface area contributed by atoms with Crippen LogP contribution in [-0.4, -0.2) is 5.78 Å². The van der Waals surface area contributed by atoms with E-state index < -0.39 is 11.7 Å². The molecule has 19 heavy (non-hydrogen) atoms. The molecule has 0 bridgehead atoms. The van der Waals surface area contributed by atoms with Crippen LogP contribution in [0.25, 0.3) is 0 Å². The number of benzene rings is 2. The molecule has 0 aliphatic carbocycles. The maximum Gasteiger partial charge on any atom is 0.416 e. The maximum atomic E-state index is 12.4. The van der Waals surface area contributed by atoms with E-state index in [1.54, 1.807) is 24.3 Å². The molecule has 0 heterocycles. The predicted octanol–water partition coefficient (Wildman–Crippen LogP) is 4.23. The molecule has 2 aromatic rings. The van der Waals surface area contributed by atoms with Crippen LogP contribution in [0.5, 0.6) is 0 Å². The van der Waals surface area contributed by atoms with Gasteiger partial charge in [0.1, 0.15) is 0 Å². The van der Waals surface area contributed by atoms with Gasteiger partial charge in [-0.3, -0.25) is 4.79 Å². The lowest BCUT2D eigenvalue weighted by Gasteiger charge is -2.07. The van der Waals surface area contributed by atoms with Crippen molar-refractivity contribution >= 4 is 18.4 Å². The second-order valence-corrected chi connectivity index (χ2v) is 4.47. The molecule has 2 rings (SSSR count). The van der Waals surface area contributed by atoms with Crippen molar-refractivity contribution in [1.29, 1.82) is 0 Å². The average molecular weight is 282 g/mol. The van der Waals surface area contributed by atoms with Crippen LogP contribution in [0.2, 0.25) is 0 Å². The van der Waals surface area contributed by atoms with Gasteiger partial charge in [0.2, 0.25) is 0 Å². The fourth-order valence-corrected chi connectivity index (χ4v) is 1.74. The van der Waals surface area contributed by atoms with E-state index in [1.165, 1.54) is 12.1 Å². The summed E-state index contributed by atoms with van der Waals surface area (Å²) in [6.07, 6.45) is -4.39. The molecule has 1 nitrogen and oxygen atoms in total. The Bertz CT molecular complexity index is 586. The summed E-state index contributed by atoms with van der Waals surface area (Å²) < 4.78 is 37.2. The van der Waals surface area contributed by atoms with Gasteiger partial charge in [0.05, 0.1) is 5.56 Å². The van der Waals surface area contributed by atoms with Crippen LogP contribution >= 0.6 is 12.6 Å². The Kier molecular flexibility index (Phi) is 3.66. The van der Waals surface area contributed by atoms with Gasteiger partial charge >= 0.3 is 6.18 Å². The average Bonchev–Trinajstić information content (AvgIpc) is 2.38. The molecule has 0 amide bonds. The third-order valence-corrected chi connectivity index (χ3v) is 2.90. The smallest absolute Gasteiger partial charge is 0.289 e. The quantitative estimate of drug-likeness (QED) is 0.644. The Morgan fingerprint density at radius 2 is 1.26 bits per heavy atom. The van der Waals surface area contributed by atoms with Crippen molar-refractivity contribution in [2.45, 2.75) is 11.1 Å². The SMILES string of the molecule is O=C(c1ccc(S)cc1)c1ccc(C(F)(F)F)cc1. The Balaban J connectivity index is 2.27. The first-order valence-electron chi connectivity index (χ1n) is 5.39. The van der Waals surface area contributed by atoms with Crippen molar-refractivity contribution in [2.75, 3.05) is 0 Å². The van der Waals surface area contributed by atoms with Crippen LogP contribution in [-0.2, 0) is 6.18 Å². The fraction of sp³-hybridized carbons (Fsp3) is 0.0714. The largest absolute Gasteiger partial charge is 0.416 e. The van der Waals surface area contributed by atoms with Gasteiger partial charge < -0.3 is 0 Å². The third-order valence-electron chi connectivity index (χ3n) is 2.60. The van der Waals surface area contributed by atoms with E-state index in [1.807, 2.05) is 0 Å². The lowest BCUT2D eigenvalue weighted by Crippen LogP contribution is -2.06. The Morgan fingerprint density at radius 1 is 0.842 bits per heavy atom. The standard InChI is InChI=1S/C14H9F3OS/c15-14(16,17)11-5-1-9(2-6-11)13(18)10-3-7-12(19)8-4-10/h1-8,19H. The highest BCUT2D eigenvalue weighted by molar-refractivity contribution is 7.80. The topological polar surface area (TPSA) is 17.1 Å². The summed E-state index contributed by atoms with van der Waals surface area (Å²) in [5.41, 5.74) is -0.132. The Hall–Kier alpha value is -1.75. The van der Waals surface area contributed by atoms with Gasteiger partial charge in [0.25, 0.3) is 0 Å². The summed E-state index contributed by atoms with van der Waals surface area (Å²) >= 11 is 4.10. The highest BCUT2D eigenvalue weighted by Crippen LogP contribution is 2.29. The molecule has 0 N–H and O–H groups in total. The van der Waals surface area contributed by atoms with E-state index >= 15 is 0 Å². The van der Waals surface area contributed by atoms with E-state index in [9.17, 15) is 18.0 Å². The molecule has 0 unspecified atom stereocenters. The zero-order valence-corrected chi connectivity index (χ0v) is 10.5.